The molecule has 0 fully saturated rings. The quantitative estimate of drug-likeness (QED) is 0.410. The summed E-state index contributed by atoms with van der Waals surface area (Å²) in [4.78, 5) is 0. The molecule has 0 amide bonds. The van der Waals surface area contributed by atoms with Crippen molar-refractivity contribution in [3.63, 3.8) is 0 Å². The first-order valence-corrected chi connectivity index (χ1v) is 12.0. The molecule has 0 aliphatic rings. The Hall–Kier alpha value is 0. The van der Waals surface area contributed by atoms with E-state index in [1.165, 1.54) is 0 Å². The minimum Gasteiger partial charge on any atom is -0.0596 e. The normalized spacial score (nSPS) is 17.0. The summed E-state index contributed by atoms with van der Waals surface area (Å²) in [7, 11) is 0. The molecule has 0 aliphatic heterocycles. The van der Waals surface area contributed by atoms with Gasteiger partial charge in [0.2, 0.25) is 0 Å². The van der Waals surface area contributed by atoms with Gasteiger partial charge in [0, 0.05) is 0 Å². The van der Waals surface area contributed by atoms with Crippen molar-refractivity contribution in [2.24, 2.45) is 48.7 Å². The summed E-state index contributed by atoms with van der Waals surface area (Å²) >= 11 is 0. The second kappa shape index (κ2) is 7.00. The third kappa shape index (κ3) is 3.65. The van der Waals surface area contributed by atoms with E-state index in [9.17, 15) is 0 Å². The molecule has 0 bridgehead atoms. The largest absolute Gasteiger partial charge is 0.0596 e. The van der Waals surface area contributed by atoms with Crippen molar-refractivity contribution in [2.45, 2.75) is 138 Å². The predicted octanol–water partition coefficient (Wildman–Crippen LogP) is 10.3. The zero-order valence-electron chi connectivity index (χ0n) is 24.5. The van der Waals surface area contributed by atoms with E-state index in [-0.39, 0.29) is 48.7 Å². The molecule has 0 saturated heterocycles. The van der Waals surface area contributed by atoms with E-state index in [1.807, 2.05) is 0 Å². The first-order chi connectivity index (χ1) is 12.0. The van der Waals surface area contributed by atoms with Gasteiger partial charge in [-0.3, -0.25) is 0 Å². The molecule has 176 valence electrons. The van der Waals surface area contributed by atoms with E-state index in [0.717, 1.165) is 0 Å². The summed E-state index contributed by atoms with van der Waals surface area (Å²) in [6, 6.07) is 0. The van der Waals surface area contributed by atoms with Gasteiger partial charge in [0.25, 0.3) is 0 Å². The van der Waals surface area contributed by atoms with Gasteiger partial charge in [-0.1, -0.05) is 138 Å². The Labute approximate surface area is 187 Å². The predicted molar refractivity (Wildman–Crippen MR) is 135 cm³/mol. The lowest BCUT2D eigenvalue weighted by Gasteiger charge is -2.70. The van der Waals surface area contributed by atoms with Gasteiger partial charge in [-0.05, 0) is 48.7 Å². The first-order valence-electron chi connectivity index (χ1n) is 12.0. The molecule has 0 heterocycles. The molecule has 0 spiro atoms. The van der Waals surface area contributed by atoms with Crippen LogP contribution in [-0.4, -0.2) is 0 Å². The van der Waals surface area contributed by atoms with E-state index in [0.29, 0.717) is 0 Å². The molecule has 29 heavy (non-hydrogen) atoms. The van der Waals surface area contributed by atoms with Gasteiger partial charge in [-0.25, -0.2) is 0 Å². The summed E-state index contributed by atoms with van der Waals surface area (Å²) in [6.45, 7) is 49.8. The molecule has 0 atom stereocenters. The van der Waals surface area contributed by atoms with Gasteiger partial charge in [-0.2, -0.15) is 0 Å². The van der Waals surface area contributed by atoms with Crippen LogP contribution in [0.1, 0.15) is 138 Å². The summed E-state index contributed by atoms with van der Waals surface area (Å²) in [5.74, 6) is 0. The monoisotopic (exact) mass is 408 g/mol. The van der Waals surface area contributed by atoms with Crippen LogP contribution >= 0.6 is 0 Å². The molecule has 0 unspecified atom stereocenters. The fraction of sp³-hybridized carbons (Fsp3) is 1.00. The van der Waals surface area contributed by atoms with Crippen molar-refractivity contribution in [1.29, 1.82) is 0 Å². The minimum absolute atomic E-state index is 0.109. The van der Waals surface area contributed by atoms with Crippen LogP contribution in [0.3, 0.4) is 0 Å². The topological polar surface area (TPSA) is 0 Å². The molecule has 0 nitrogen and oxygen atoms in total. The van der Waals surface area contributed by atoms with Crippen molar-refractivity contribution >= 4 is 0 Å². The van der Waals surface area contributed by atoms with Crippen molar-refractivity contribution < 1.29 is 0 Å². The van der Waals surface area contributed by atoms with Crippen molar-refractivity contribution in [3.8, 4) is 0 Å². The Bertz CT molecular complexity index is 523. The Kier molecular flexibility index (Phi) is 7.00. The van der Waals surface area contributed by atoms with Gasteiger partial charge in [-0.15, -0.1) is 0 Å². The number of hydrogen-bond donors (Lipinski definition) is 0. The molecule has 0 rings (SSSR count). The average molecular weight is 409 g/mol. The second-order valence-corrected chi connectivity index (χ2v) is 15.9. The summed E-state index contributed by atoms with van der Waals surface area (Å²) in [5, 5.41) is 0. The second-order valence-electron chi connectivity index (χ2n) is 15.9. The standard InChI is InChI=1S/C29H60/c1-21(2,3)23(7,8)25(11,12)27(15,16)29(19,20)28(17,18)26(13,14)24(9,10)22(4,5)6/h1-20H3. The molecule has 0 heteroatoms. The smallest absolute Gasteiger partial charge is 0.0241 e. The highest BCUT2D eigenvalue weighted by molar-refractivity contribution is 5.14. The molecule has 0 radical (unpaired) electrons. The van der Waals surface area contributed by atoms with Crippen molar-refractivity contribution in [1.82, 2.24) is 0 Å². The average Bonchev–Trinajstić information content (AvgIpc) is 2.43. The Morgan fingerprint density at radius 1 is 0.172 bits per heavy atom. The first kappa shape index (κ1) is 29.0. The van der Waals surface area contributed by atoms with Crippen LogP contribution in [0.2, 0.25) is 0 Å². The summed E-state index contributed by atoms with van der Waals surface area (Å²) in [5.41, 5.74) is 1.44. The van der Waals surface area contributed by atoms with E-state index in [4.69, 9.17) is 0 Å². The number of rotatable bonds is 6. The van der Waals surface area contributed by atoms with Gasteiger partial charge >= 0.3 is 0 Å². The van der Waals surface area contributed by atoms with Crippen LogP contribution in [-0.2, 0) is 0 Å². The molecular formula is C29H60. The summed E-state index contributed by atoms with van der Waals surface area (Å²) in [6.07, 6.45) is 0. The van der Waals surface area contributed by atoms with Gasteiger partial charge in [0.1, 0.15) is 0 Å². The fourth-order valence-corrected chi connectivity index (χ4v) is 5.78. The maximum absolute atomic E-state index is 2.55. The molecule has 0 N–H and O–H groups in total. The van der Waals surface area contributed by atoms with E-state index >= 15 is 0 Å². The van der Waals surface area contributed by atoms with Crippen molar-refractivity contribution in [3.05, 3.63) is 0 Å². The molecule has 0 aromatic carbocycles. The van der Waals surface area contributed by atoms with Crippen LogP contribution in [0.15, 0.2) is 0 Å². The van der Waals surface area contributed by atoms with E-state index < -0.39 is 0 Å². The molecular weight excluding hydrogens is 348 g/mol. The molecule has 0 aliphatic carbocycles. The van der Waals surface area contributed by atoms with Gasteiger partial charge in [0.15, 0.2) is 0 Å². The third-order valence-corrected chi connectivity index (χ3v) is 13.1. The molecule has 0 saturated carbocycles. The highest BCUT2D eigenvalue weighted by Crippen LogP contribution is 2.72. The Morgan fingerprint density at radius 3 is 0.379 bits per heavy atom. The zero-order valence-corrected chi connectivity index (χ0v) is 24.5. The van der Waals surface area contributed by atoms with E-state index in [1.54, 1.807) is 0 Å². The van der Waals surface area contributed by atoms with Crippen LogP contribution in [0.25, 0.3) is 0 Å². The highest BCUT2D eigenvalue weighted by atomic mass is 14.7. The SMILES string of the molecule is CC(C)(C)C(C)(C)C(C)(C)C(C)(C)C(C)(C)C(C)(C)C(C)(C)C(C)(C)C(C)(C)C. The Morgan fingerprint density at radius 2 is 0.276 bits per heavy atom. The lowest BCUT2D eigenvalue weighted by atomic mass is 9.34. The highest BCUT2D eigenvalue weighted by Gasteiger charge is 2.65. The van der Waals surface area contributed by atoms with Gasteiger partial charge < -0.3 is 0 Å². The lowest BCUT2D eigenvalue weighted by molar-refractivity contribution is -0.220. The summed E-state index contributed by atoms with van der Waals surface area (Å²) < 4.78 is 0. The maximum Gasteiger partial charge on any atom is -0.0241 e. The van der Waals surface area contributed by atoms with Crippen LogP contribution in [0.4, 0.5) is 0 Å². The van der Waals surface area contributed by atoms with E-state index in [2.05, 4.69) is 138 Å². The number of hydrogen-bond acceptors (Lipinski definition) is 0. The lowest BCUT2D eigenvalue weighted by Crippen LogP contribution is -2.64. The maximum atomic E-state index is 2.55. The molecule has 0 aromatic rings. The van der Waals surface area contributed by atoms with Crippen LogP contribution < -0.4 is 0 Å². The molecule has 0 aromatic heterocycles. The minimum atomic E-state index is 0.109. The van der Waals surface area contributed by atoms with Gasteiger partial charge in [0.05, 0.1) is 0 Å². The fourth-order valence-electron chi connectivity index (χ4n) is 5.78. The van der Waals surface area contributed by atoms with Crippen molar-refractivity contribution in [2.75, 3.05) is 0 Å². The zero-order chi connectivity index (χ0) is 24.5. The van der Waals surface area contributed by atoms with Crippen LogP contribution in [0, 0.1) is 48.7 Å². The van der Waals surface area contributed by atoms with Crippen LogP contribution in [0.5, 0.6) is 0 Å². The Balaban J connectivity index is 6.82. The third-order valence-electron chi connectivity index (χ3n) is 13.1.